The van der Waals surface area contributed by atoms with Crippen LogP contribution in [0.15, 0.2) is 11.2 Å². The highest BCUT2D eigenvalue weighted by Gasteiger charge is 2.11. The van der Waals surface area contributed by atoms with Crippen LogP contribution in [0.5, 0.6) is 0 Å². The molecule has 2 rings (SSSR count). The van der Waals surface area contributed by atoms with E-state index >= 15 is 0 Å². The molecule has 1 fully saturated rings. The Morgan fingerprint density at radius 1 is 1.50 bits per heavy atom. The zero-order valence-electron chi connectivity index (χ0n) is 10.5. The number of aromatic nitrogens is 1. The van der Waals surface area contributed by atoms with Crippen molar-refractivity contribution in [1.82, 2.24) is 9.88 Å². The molecular formula is C11H19IN4S2. The summed E-state index contributed by atoms with van der Waals surface area (Å²) >= 11 is 3.72. The first-order valence-electron chi connectivity index (χ1n) is 5.79. The molecular weight excluding hydrogens is 379 g/mol. The highest BCUT2D eigenvalue weighted by Crippen LogP contribution is 2.12. The minimum absolute atomic E-state index is 0. The van der Waals surface area contributed by atoms with E-state index < -0.39 is 0 Å². The van der Waals surface area contributed by atoms with Crippen molar-refractivity contribution in [3.8, 4) is 0 Å². The highest BCUT2D eigenvalue weighted by molar-refractivity contribution is 14.0. The van der Waals surface area contributed by atoms with Crippen LogP contribution < -0.4 is 5.73 Å². The summed E-state index contributed by atoms with van der Waals surface area (Å²) in [6, 6.07) is 0. The van der Waals surface area contributed by atoms with E-state index in [1.807, 2.05) is 18.0 Å². The third kappa shape index (κ3) is 4.93. The van der Waals surface area contributed by atoms with Crippen LogP contribution in [0.1, 0.15) is 9.88 Å². The number of nitrogens with two attached hydrogens (primary N) is 1. The number of halogens is 1. The Hall–Kier alpha value is -0.0200. The van der Waals surface area contributed by atoms with E-state index in [0.717, 1.165) is 42.6 Å². The Kier molecular flexibility index (Phi) is 7.31. The minimum Gasteiger partial charge on any atom is -0.370 e. The number of hydrogen-bond acceptors (Lipinski definition) is 4. The van der Waals surface area contributed by atoms with Gasteiger partial charge in [-0.2, -0.15) is 11.8 Å². The zero-order chi connectivity index (χ0) is 12.1. The summed E-state index contributed by atoms with van der Waals surface area (Å²) in [6.07, 6.45) is 2.80. The fraction of sp³-hybridized carbons (Fsp3) is 0.636. The molecule has 0 radical (unpaired) electrons. The van der Waals surface area contributed by atoms with Crippen LogP contribution in [-0.2, 0) is 6.42 Å². The average Bonchev–Trinajstić information content (AvgIpc) is 2.76. The summed E-state index contributed by atoms with van der Waals surface area (Å²) in [6.45, 7) is 4.86. The minimum atomic E-state index is 0. The summed E-state index contributed by atoms with van der Waals surface area (Å²) in [5, 5.41) is 1.15. The molecule has 0 unspecified atom stereocenters. The van der Waals surface area contributed by atoms with Gasteiger partial charge >= 0.3 is 0 Å². The van der Waals surface area contributed by atoms with Crippen LogP contribution in [-0.4, -0.2) is 47.0 Å². The molecule has 18 heavy (non-hydrogen) atoms. The number of aliphatic imine (C=N–C) groups is 1. The third-order valence-corrected chi connectivity index (χ3v) is 4.52. The van der Waals surface area contributed by atoms with Crippen LogP contribution >= 0.6 is 47.1 Å². The van der Waals surface area contributed by atoms with Crippen molar-refractivity contribution in [2.45, 2.75) is 13.3 Å². The van der Waals surface area contributed by atoms with Crippen molar-refractivity contribution < 1.29 is 0 Å². The van der Waals surface area contributed by atoms with E-state index in [2.05, 4.69) is 21.8 Å². The number of rotatable bonds is 3. The highest BCUT2D eigenvalue weighted by atomic mass is 127. The van der Waals surface area contributed by atoms with Crippen LogP contribution in [0.2, 0.25) is 0 Å². The first-order chi connectivity index (χ1) is 8.25. The molecule has 2 N–H and O–H groups in total. The standard InChI is InChI=1S/C11H18N4S2.HI/c1-9-8-14-10(17-9)2-3-13-11(12)15-4-6-16-7-5-15;/h8H,2-7H2,1H3,(H2,12,13);1H. The molecule has 7 heteroatoms. The average molecular weight is 398 g/mol. The van der Waals surface area contributed by atoms with Gasteiger partial charge in [0.2, 0.25) is 0 Å². The maximum absolute atomic E-state index is 5.97. The molecule has 4 nitrogen and oxygen atoms in total. The van der Waals surface area contributed by atoms with E-state index in [1.165, 1.54) is 4.88 Å². The molecule has 2 heterocycles. The second-order valence-electron chi connectivity index (χ2n) is 3.95. The number of thioether (sulfide) groups is 1. The number of thiazole rings is 1. The summed E-state index contributed by atoms with van der Waals surface area (Å²) in [5.74, 6) is 3.00. The number of guanidine groups is 1. The summed E-state index contributed by atoms with van der Waals surface area (Å²) < 4.78 is 0. The SMILES string of the molecule is Cc1cnc(CCN=C(N)N2CCSCC2)s1.I. The van der Waals surface area contributed by atoms with E-state index in [0.29, 0.717) is 5.96 Å². The Balaban J connectivity index is 0.00000162. The molecule has 1 aliphatic heterocycles. The maximum atomic E-state index is 5.97. The van der Waals surface area contributed by atoms with E-state index in [1.54, 1.807) is 11.3 Å². The van der Waals surface area contributed by atoms with Crippen molar-refractivity contribution in [2.24, 2.45) is 10.7 Å². The predicted octanol–water partition coefficient (Wildman–Crippen LogP) is 1.98. The molecule has 0 aliphatic carbocycles. The fourth-order valence-electron chi connectivity index (χ4n) is 1.68. The molecule has 1 saturated heterocycles. The Bertz CT molecular complexity index is 388. The van der Waals surface area contributed by atoms with Crippen molar-refractivity contribution in [3.63, 3.8) is 0 Å². The third-order valence-electron chi connectivity index (χ3n) is 2.60. The molecule has 0 atom stereocenters. The van der Waals surface area contributed by atoms with Gasteiger partial charge in [0, 0.05) is 48.6 Å². The Morgan fingerprint density at radius 2 is 2.22 bits per heavy atom. The van der Waals surface area contributed by atoms with Crippen molar-refractivity contribution in [1.29, 1.82) is 0 Å². The molecule has 0 aromatic carbocycles. The molecule has 1 aromatic heterocycles. The monoisotopic (exact) mass is 398 g/mol. The first kappa shape index (κ1) is 16.0. The van der Waals surface area contributed by atoms with Gasteiger partial charge < -0.3 is 10.6 Å². The Labute approximate surface area is 133 Å². The van der Waals surface area contributed by atoms with Crippen molar-refractivity contribution in [3.05, 3.63) is 16.1 Å². The lowest BCUT2D eigenvalue weighted by atomic mass is 10.4. The van der Waals surface area contributed by atoms with Gasteiger partial charge in [0.05, 0.1) is 5.01 Å². The normalized spacial score (nSPS) is 16.5. The molecule has 1 aromatic rings. The molecule has 0 spiro atoms. The second kappa shape index (κ2) is 8.21. The van der Waals surface area contributed by atoms with Gasteiger partial charge in [-0.15, -0.1) is 35.3 Å². The van der Waals surface area contributed by atoms with Crippen molar-refractivity contribution >= 4 is 53.0 Å². The zero-order valence-corrected chi connectivity index (χ0v) is 14.4. The summed E-state index contributed by atoms with van der Waals surface area (Å²) in [4.78, 5) is 12.2. The van der Waals surface area contributed by atoms with E-state index in [9.17, 15) is 0 Å². The van der Waals surface area contributed by atoms with Crippen molar-refractivity contribution in [2.75, 3.05) is 31.1 Å². The quantitative estimate of drug-likeness (QED) is 0.481. The van der Waals surface area contributed by atoms with Gasteiger partial charge in [0.15, 0.2) is 5.96 Å². The number of hydrogen-bond donors (Lipinski definition) is 1. The fourth-order valence-corrected chi connectivity index (χ4v) is 3.35. The van der Waals surface area contributed by atoms with Crippen LogP contribution in [0.25, 0.3) is 0 Å². The maximum Gasteiger partial charge on any atom is 0.191 e. The van der Waals surface area contributed by atoms with Gasteiger partial charge in [-0.3, -0.25) is 4.99 Å². The lowest BCUT2D eigenvalue weighted by molar-refractivity contribution is 0.456. The van der Waals surface area contributed by atoms with Crippen LogP contribution in [0.3, 0.4) is 0 Å². The molecule has 102 valence electrons. The smallest absolute Gasteiger partial charge is 0.191 e. The van der Waals surface area contributed by atoms with Crippen LogP contribution in [0, 0.1) is 6.92 Å². The van der Waals surface area contributed by atoms with E-state index in [-0.39, 0.29) is 24.0 Å². The van der Waals surface area contributed by atoms with Gasteiger partial charge in [0.1, 0.15) is 0 Å². The number of nitrogens with zero attached hydrogens (tertiary/aromatic N) is 3. The lowest BCUT2D eigenvalue weighted by Crippen LogP contribution is -2.42. The number of aryl methyl sites for hydroxylation is 1. The van der Waals surface area contributed by atoms with Gasteiger partial charge in [-0.25, -0.2) is 4.98 Å². The molecule has 1 aliphatic rings. The molecule has 0 saturated carbocycles. The van der Waals surface area contributed by atoms with E-state index in [4.69, 9.17) is 5.73 Å². The molecule has 0 amide bonds. The van der Waals surface area contributed by atoms with Gasteiger partial charge in [-0.1, -0.05) is 0 Å². The predicted molar refractivity (Wildman–Crippen MR) is 91.4 cm³/mol. The largest absolute Gasteiger partial charge is 0.370 e. The summed E-state index contributed by atoms with van der Waals surface area (Å²) in [7, 11) is 0. The summed E-state index contributed by atoms with van der Waals surface area (Å²) in [5.41, 5.74) is 5.97. The van der Waals surface area contributed by atoms with Gasteiger partial charge in [-0.05, 0) is 6.92 Å². The Morgan fingerprint density at radius 3 is 2.83 bits per heavy atom. The topological polar surface area (TPSA) is 54.5 Å². The van der Waals surface area contributed by atoms with Crippen LogP contribution in [0.4, 0.5) is 0 Å². The molecule has 0 bridgehead atoms. The lowest BCUT2D eigenvalue weighted by Gasteiger charge is -2.27. The first-order valence-corrected chi connectivity index (χ1v) is 7.77. The second-order valence-corrected chi connectivity index (χ2v) is 6.50. The van der Waals surface area contributed by atoms with Gasteiger partial charge in [0.25, 0.3) is 0 Å².